The van der Waals surface area contributed by atoms with Crippen molar-refractivity contribution in [2.24, 2.45) is 5.92 Å². The summed E-state index contributed by atoms with van der Waals surface area (Å²) in [4.78, 5) is 8.74. The van der Waals surface area contributed by atoms with Gasteiger partial charge in [0.1, 0.15) is 17.5 Å². The van der Waals surface area contributed by atoms with Crippen LogP contribution in [0, 0.1) is 5.92 Å². The van der Waals surface area contributed by atoms with Crippen molar-refractivity contribution in [3.63, 3.8) is 0 Å². The number of aromatic nitrogens is 2. The van der Waals surface area contributed by atoms with Gasteiger partial charge in [-0.1, -0.05) is 34.6 Å². The monoisotopic (exact) mass is 280 g/mol. The third kappa shape index (κ3) is 5.33. The highest BCUT2D eigenvalue weighted by atomic mass is 16.3. The largest absolute Gasteiger partial charge is 0.388 e. The molecule has 5 nitrogen and oxygen atoms in total. The Bertz CT molecular complexity index is 450. The molecule has 0 aliphatic heterocycles. The summed E-state index contributed by atoms with van der Waals surface area (Å²) in [5, 5.41) is 13.5. The first-order valence-electron chi connectivity index (χ1n) is 7.11. The average molecular weight is 280 g/mol. The second kappa shape index (κ2) is 5.95. The lowest BCUT2D eigenvalue weighted by atomic mass is 9.94. The molecule has 1 aromatic rings. The number of aliphatic hydroxyl groups is 1. The third-order valence-corrected chi connectivity index (χ3v) is 2.92. The Balaban J connectivity index is 2.81. The van der Waals surface area contributed by atoms with Crippen LogP contribution in [0.3, 0.4) is 0 Å². The number of hydrogen-bond donors (Lipinski definition) is 3. The molecule has 1 heterocycles. The maximum atomic E-state index is 10.3. The van der Waals surface area contributed by atoms with E-state index in [9.17, 15) is 5.11 Å². The number of rotatable bonds is 5. The van der Waals surface area contributed by atoms with Crippen LogP contribution in [0.5, 0.6) is 0 Å². The van der Waals surface area contributed by atoms with Gasteiger partial charge in [-0.3, -0.25) is 0 Å². The van der Waals surface area contributed by atoms with Crippen LogP contribution in [-0.4, -0.2) is 27.2 Å². The van der Waals surface area contributed by atoms with Crippen LogP contribution in [0.2, 0.25) is 0 Å². The molecule has 1 aromatic heterocycles. The van der Waals surface area contributed by atoms with E-state index in [2.05, 4.69) is 29.1 Å². The van der Waals surface area contributed by atoms with Crippen molar-refractivity contribution < 1.29 is 5.11 Å². The normalized spacial score (nSPS) is 15.2. The highest BCUT2D eigenvalue weighted by Gasteiger charge is 2.23. The van der Waals surface area contributed by atoms with Crippen LogP contribution in [0.1, 0.15) is 53.8 Å². The molecule has 0 saturated heterocycles. The number of hydrogen-bond acceptors (Lipinski definition) is 5. The summed E-state index contributed by atoms with van der Waals surface area (Å²) in [5.41, 5.74) is 4.89. The molecule has 0 aromatic carbocycles. The fourth-order valence-corrected chi connectivity index (χ4v) is 2.12. The standard InChI is InChI=1S/C15H28N4O/c1-10(2)8-15(6,20)9-17-12-7-11(16)18-13(19-12)14(3,4)5/h7,10,20H,8-9H2,1-6H3,(H3,16,17,18,19). The summed E-state index contributed by atoms with van der Waals surface area (Å²) in [6.45, 7) is 12.6. The van der Waals surface area contributed by atoms with E-state index in [4.69, 9.17) is 5.73 Å². The van der Waals surface area contributed by atoms with Crippen molar-refractivity contribution in [3.8, 4) is 0 Å². The fourth-order valence-electron chi connectivity index (χ4n) is 2.12. The van der Waals surface area contributed by atoms with Gasteiger partial charge in [-0.2, -0.15) is 0 Å². The molecule has 20 heavy (non-hydrogen) atoms. The molecule has 0 spiro atoms. The zero-order chi connectivity index (χ0) is 15.6. The summed E-state index contributed by atoms with van der Waals surface area (Å²) >= 11 is 0. The SMILES string of the molecule is CC(C)CC(C)(O)CNc1cc(N)nc(C(C)(C)C)n1. The second-order valence-electron chi connectivity index (χ2n) is 7.20. The van der Waals surface area contributed by atoms with E-state index in [0.29, 0.717) is 29.9 Å². The van der Waals surface area contributed by atoms with Crippen molar-refractivity contribution in [1.82, 2.24) is 9.97 Å². The van der Waals surface area contributed by atoms with Crippen molar-refractivity contribution in [2.75, 3.05) is 17.6 Å². The Labute approximate surface area is 122 Å². The van der Waals surface area contributed by atoms with E-state index >= 15 is 0 Å². The molecule has 0 fully saturated rings. The van der Waals surface area contributed by atoms with Gasteiger partial charge in [-0.05, 0) is 19.3 Å². The van der Waals surface area contributed by atoms with Crippen LogP contribution in [0.25, 0.3) is 0 Å². The Morgan fingerprint density at radius 2 is 1.85 bits per heavy atom. The highest BCUT2D eigenvalue weighted by molar-refractivity contribution is 5.45. The lowest BCUT2D eigenvalue weighted by Crippen LogP contribution is -2.35. The number of nitrogens with one attached hydrogen (secondary N) is 1. The van der Waals surface area contributed by atoms with Crippen LogP contribution < -0.4 is 11.1 Å². The topological polar surface area (TPSA) is 84.1 Å². The number of nitrogens with zero attached hydrogens (tertiary/aromatic N) is 2. The molecule has 0 aliphatic rings. The van der Waals surface area contributed by atoms with Crippen molar-refractivity contribution in [2.45, 2.75) is 59.0 Å². The number of nitrogen functional groups attached to an aromatic ring is 1. The molecule has 4 N–H and O–H groups in total. The predicted octanol–water partition coefficient (Wildman–Crippen LogP) is 2.57. The van der Waals surface area contributed by atoms with Gasteiger partial charge in [-0.15, -0.1) is 0 Å². The van der Waals surface area contributed by atoms with E-state index in [-0.39, 0.29) is 5.41 Å². The summed E-state index contributed by atoms with van der Waals surface area (Å²) in [6, 6.07) is 1.70. The first kappa shape index (κ1) is 16.7. The number of nitrogens with two attached hydrogens (primary N) is 1. The molecule has 1 unspecified atom stereocenters. The summed E-state index contributed by atoms with van der Waals surface area (Å²) in [7, 11) is 0. The summed E-state index contributed by atoms with van der Waals surface area (Å²) < 4.78 is 0. The maximum Gasteiger partial charge on any atom is 0.138 e. The average Bonchev–Trinajstić information content (AvgIpc) is 2.23. The smallest absolute Gasteiger partial charge is 0.138 e. The minimum Gasteiger partial charge on any atom is -0.388 e. The van der Waals surface area contributed by atoms with Crippen LogP contribution >= 0.6 is 0 Å². The van der Waals surface area contributed by atoms with Gasteiger partial charge in [0.2, 0.25) is 0 Å². The fraction of sp³-hybridized carbons (Fsp3) is 0.733. The molecular formula is C15H28N4O. The van der Waals surface area contributed by atoms with Crippen molar-refractivity contribution in [3.05, 3.63) is 11.9 Å². The Kier molecular flexibility index (Phi) is 4.97. The first-order chi connectivity index (χ1) is 8.99. The van der Waals surface area contributed by atoms with Gasteiger partial charge < -0.3 is 16.2 Å². The molecule has 0 aliphatic carbocycles. The first-order valence-corrected chi connectivity index (χ1v) is 7.11. The van der Waals surface area contributed by atoms with E-state index in [1.54, 1.807) is 6.07 Å². The molecule has 1 atom stereocenters. The van der Waals surface area contributed by atoms with E-state index in [1.165, 1.54) is 0 Å². The van der Waals surface area contributed by atoms with Crippen molar-refractivity contribution in [1.29, 1.82) is 0 Å². The molecule has 0 saturated carbocycles. The minimum absolute atomic E-state index is 0.160. The minimum atomic E-state index is -0.768. The lowest BCUT2D eigenvalue weighted by Gasteiger charge is -2.26. The maximum absolute atomic E-state index is 10.3. The zero-order valence-electron chi connectivity index (χ0n) is 13.5. The van der Waals surface area contributed by atoms with E-state index in [0.717, 1.165) is 6.42 Å². The third-order valence-electron chi connectivity index (χ3n) is 2.92. The second-order valence-corrected chi connectivity index (χ2v) is 7.20. The molecule has 0 radical (unpaired) electrons. The van der Waals surface area contributed by atoms with Crippen LogP contribution in [-0.2, 0) is 5.41 Å². The predicted molar refractivity (Wildman–Crippen MR) is 83.7 cm³/mol. The molecule has 0 bridgehead atoms. The van der Waals surface area contributed by atoms with Gasteiger partial charge in [0.05, 0.1) is 5.60 Å². The van der Waals surface area contributed by atoms with Crippen molar-refractivity contribution >= 4 is 11.6 Å². The zero-order valence-corrected chi connectivity index (χ0v) is 13.5. The van der Waals surface area contributed by atoms with E-state index < -0.39 is 5.60 Å². The van der Waals surface area contributed by atoms with Crippen LogP contribution in [0.15, 0.2) is 6.07 Å². The highest BCUT2D eigenvalue weighted by Crippen LogP contribution is 2.22. The quantitative estimate of drug-likeness (QED) is 0.772. The Morgan fingerprint density at radius 1 is 1.25 bits per heavy atom. The molecule has 114 valence electrons. The number of anilines is 2. The van der Waals surface area contributed by atoms with Gasteiger partial charge in [0, 0.05) is 18.0 Å². The lowest BCUT2D eigenvalue weighted by molar-refractivity contribution is 0.0514. The molecule has 1 rings (SSSR count). The molecular weight excluding hydrogens is 252 g/mol. The Morgan fingerprint density at radius 3 is 2.35 bits per heavy atom. The van der Waals surface area contributed by atoms with Crippen LogP contribution in [0.4, 0.5) is 11.6 Å². The summed E-state index contributed by atoms with van der Waals surface area (Å²) in [6.07, 6.45) is 0.729. The summed E-state index contributed by atoms with van der Waals surface area (Å²) in [5.74, 6) is 2.23. The molecule has 5 heteroatoms. The molecule has 0 amide bonds. The van der Waals surface area contributed by atoms with Gasteiger partial charge >= 0.3 is 0 Å². The van der Waals surface area contributed by atoms with Gasteiger partial charge in [-0.25, -0.2) is 9.97 Å². The Hall–Kier alpha value is -1.36. The van der Waals surface area contributed by atoms with Gasteiger partial charge in [0.25, 0.3) is 0 Å². The van der Waals surface area contributed by atoms with E-state index in [1.807, 2.05) is 27.7 Å². The van der Waals surface area contributed by atoms with Gasteiger partial charge in [0.15, 0.2) is 0 Å².